The van der Waals surface area contributed by atoms with E-state index in [1.807, 2.05) is 24.3 Å². The Kier molecular flexibility index (Phi) is 3.66. The number of hydrogen-bond acceptors (Lipinski definition) is 6. The Morgan fingerprint density at radius 1 is 1.53 bits per heavy atom. The second-order valence-electron chi connectivity index (χ2n) is 4.21. The number of carbonyl (C=O) groups is 1. The molecule has 0 atom stereocenters. The van der Waals surface area contributed by atoms with E-state index in [1.54, 1.807) is 17.4 Å². The first kappa shape index (κ1) is 13.3. The number of primary amides is 1. The lowest BCUT2D eigenvalue weighted by Crippen LogP contribution is -2.20. The normalized spacial score (nSPS) is 10.4. The maximum Gasteiger partial charge on any atom is 0.250 e. The molecule has 0 bridgehead atoms. The number of aryl methyl sites for hydroxylation is 1. The molecule has 0 aliphatic rings. The second kappa shape index (κ2) is 5.23. The fraction of sp³-hybridized carbons (Fsp3) is 0.250. The van der Waals surface area contributed by atoms with E-state index in [-0.39, 0.29) is 11.3 Å². The molecule has 0 saturated carbocycles. The van der Waals surface area contributed by atoms with Gasteiger partial charge in [0.2, 0.25) is 0 Å². The third-order valence-electron chi connectivity index (χ3n) is 2.64. The van der Waals surface area contributed by atoms with Crippen molar-refractivity contribution in [3.63, 3.8) is 0 Å². The first-order valence-electron chi connectivity index (χ1n) is 5.65. The summed E-state index contributed by atoms with van der Waals surface area (Å²) in [7, 11) is 1.87. The molecule has 4 N–H and O–H groups in total. The van der Waals surface area contributed by atoms with Crippen LogP contribution >= 0.6 is 11.3 Å². The number of anilines is 2. The molecule has 19 heavy (non-hydrogen) atoms. The third-order valence-corrected chi connectivity index (χ3v) is 3.46. The van der Waals surface area contributed by atoms with Gasteiger partial charge in [0.1, 0.15) is 5.82 Å². The topological polar surface area (TPSA) is 98.1 Å². The largest absolute Gasteiger partial charge is 0.397 e. The minimum atomic E-state index is -0.556. The molecule has 2 aromatic heterocycles. The number of aromatic nitrogens is 2. The lowest BCUT2D eigenvalue weighted by molar-refractivity contribution is 0.100. The van der Waals surface area contributed by atoms with Crippen LogP contribution in [0.4, 0.5) is 11.5 Å². The van der Waals surface area contributed by atoms with Crippen molar-refractivity contribution in [3.05, 3.63) is 33.9 Å². The second-order valence-corrected chi connectivity index (χ2v) is 5.27. The van der Waals surface area contributed by atoms with Crippen molar-refractivity contribution >= 4 is 28.7 Å². The summed E-state index contributed by atoms with van der Waals surface area (Å²) in [6.45, 7) is 2.57. The van der Waals surface area contributed by atoms with Crippen molar-refractivity contribution in [1.29, 1.82) is 0 Å². The summed E-state index contributed by atoms with van der Waals surface area (Å²) in [5.74, 6) is 0.0766. The van der Waals surface area contributed by atoms with Crippen LogP contribution in [0.25, 0.3) is 0 Å². The summed E-state index contributed by atoms with van der Waals surface area (Å²) in [4.78, 5) is 21.7. The van der Waals surface area contributed by atoms with Crippen LogP contribution in [0.1, 0.15) is 21.1 Å². The van der Waals surface area contributed by atoms with Crippen molar-refractivity contribution in [3.8, 4) is 0 Å². The highest BCUT2D eigenvalue weighted by molar-refractivity contribution is 7.09. The summed E-state index contributed by atoms with van der Waals surface area (Å²) in [5, 5.41) is 3.02. The average Bonchev–Trinajstić information content (AvgIpc) is 2.74. The fourth-order valence-electron chi connectivity index (χ4n) is 1.68. The third kappa shape index (κ3) is 3.00. The van der Waals surface area contributed by atoms with Crippen LogP contribution in [0.3, 0.4) is 0 Å². The van der Waals surface area contributed by atoms with Crippen molar-refractivity contribution in [2.24, 2.45) is 5.73 Å². The molecule has 0 aliphatic heterocycles. The van der Waals surface area contributed by atoms with Gasteiger partial charge in [-0.05, 0) is 13.0 Å². The zero-order chi connectivity index (χ0) is 14.0. The monoisotopic (exact) mass is 277 g/mol. The smallest absolute Gasteiger partial charge is 0.250 e. The van der Waals surface area contributed by atoms with Gasteiger partial charge in [0.15, 0.2) is 0 Å². The summed E-state index contributed by atoms with van der Waals surface area (Å²) >= 11 is 1.60. The molecule has 0 saturated heterocycles. The van der Waals surface area contributed by atoms with Crippen LogP contribution < -0.4 is 16.4 Å². The highest BCUT2D eigenvalue weighted by Gasteiger charge is 2.11. The summed E-state index contributed by atoms with van der Waals surface area (Å²) in [6, 6.07) is 1.59. The van der Waals surface area contributed by atoms with Gasteiger partial charge < -0.3 is 16.4 Å². The van der Waals surface area contributed by atoms with Gasteiger partial charge in [-0.3, -0.25) is 4.79 Å². The van der Waals surface area contributed by atoms with Gasteiger partial charge in [0, 0.05) is 12.4 Å². The minimum absolute atomic E-state index is 0.284. The maximum absolute atomic E-state index is 11.2. The Balaban J connectivity index is 2.21. The molecule has 0 aromatic carbocycles. The SMILES string of the molecule is Cc1nc(CN(C)c2cc(C(N)=O)c(N)cn2)cs1. The molecule has 1 amide bonds. The van der Waals surface area contributed by atoms with E-state index in [2.05, 4.69) is 9.97 Å². The van der Waals surface area contributed by atoms with E-state index in [1.165, 1.54) is 6.20 Å². The number of nitrogen functional groups attached to an aromatic ring is 1. The van der Waals surface area contributed by atoms with Crippen LogP contribution in [0, 0.1) is 6.92 Å². The standard InChI is InChI=1S/C12H15N5OS/c1-7-16-8(6-19-7)5-17(2)11-3-9(12(14)18)10(13)4-15-11/h3-4,6H,5,13H2,1-2H3,(H2,14,18). The van der Waals surface area contributed by atoms with E-state index in [4.69, 9.17) is 11.5 Å². The molecule has 6 nitrogen and oxygen atoms in total. The van der Waals surface area contributed by atoms with E-state index in [9.17, 15) is 4.79 Å². The maximum atomic E-state index is 11.2. The highest BCUT2D eigenvalue weighted by atomic mass is 32.1. The van der Waals surface area contributed by atoms with E-state index in [0.29, 0.717) is 12.4 Å². The molecule has 7 heteroatoms. The van der Waals surface area contributed by atoms with Crippen LogP contribution in [-0.4, -0.2) is 22.9 Å². The number of carbonyl (C=O) groups excluding carboxylic acids is 1. The van der Waals surface area contributed by atoms with Gasteiger partial charge in [0.05, 0.1) is 34.7 Å². The molecule has 0 spiro atoms. The predicted octanol–water partition coefficient (Wildman–Crippen LogP) is 1.16. The number of hydrogen-bond donors (Lipinski definition) is 2. The molecule has 0 unspecified atom stereocenters. The number of nitrogens with two attached hydrogens (primary N) is 2. The van der Waals surface area contributed by atoms with Crippen LogP contribution in [0.15, 0.2) is 17.6 Å². The number of amides is 1. The van der Waals surface area contributed by atoms with Gasteiger partial charge in [-0.15, -0.1) is 11.3 Å². The molecule has 0 aliphatic carbocycles. The van der Waals surface area contributed by atoms with Gasteiger partial charge >= 0.3 is 0 Å². The Morgan fingerprint density at radius 3 is 2.84 bits per heavy atom. The molecule has 0 radical (unpaired) electrons. The zero-order valence-corrected chi connectivity index (χ0v) is 11.6. The summed E-state index contributed by atoms with van der Waals surface area (Å²) in [5.41, 5.74) is 12.4. The Morgan fingerprint density at radius 2 is 2.26 bits per heavy atom. The first-order chi connectivity index (χ1) is 8.97. The summed E-state index contributed by atoms with van der Waals surface area (Å²) in [6.07, 6.45) is 1.44. The van der Waals surface area contributed by atoms with E-state index < -0.39 is 5.91 Å². The molecule has 2 heterocycles. The number of thiazole rings is 1. The van der Waals surface area contributed by atoms with Gasteiger partial charge in [0.25, 0.3) is 5.91 Å². The Hall–Kier alpha value is -2.15. The molecule has 100 valence electrons. The molecule has 2 aromatic rings. The van der Waals surface area contributed by atoms with E-state index >= 15 is 0 Å². The van der Waals surface area contributed by atoms with Crippen LogP contribution in [0.2, 0.25) is 0 Å². The number of nitrogens with zero attached hydrogens (tertiary/aromatic N) is 3. The lowest BCUT2D eigenvalue weighted by Gasteiger charge is -2.17. The average molecular weight is 277 g/mol. The quantitative estimate of drug-likeness (QED) is 0.874. The first-order valence-corrected chi connectivity index (χ1v) is 6.53. The van der Waals surface area contributed by atoms with Crippen molar-refractivity contribution < 1.29 is 4.79 Å². The molecular weight excluding hydrogens is 262 g/mol. The Labute approximate surface area is 115 Å². The van der Waals surface area contributed by atoms with Gasteiger partial charge in [-0.2, -0.15) is 0 Å². The van der Waals surface area contributed by atoms with Gasteiger partial charge in [-0.25, -0.2) is 9.97 Å². The predicted molar refractivity (Wildman–Crippen MR) is 76.1 cm³/mol. The molecule has 0 fully saturated rings. The van der Waals surface area contributed by atoms with Crippen molar-refractivity contribution in [2.45, 2.75) is 13.5 Å². The van der Waals surface area contributed by atoms with Gasteiger partial charge in [-0.1, -0.05) is 0 Å². The van der Waals surface area contributed by atoms with Crippen LogP contribution in [-0.2, 0) is 6.54 Å². The minimum Gasteiger partial charge on any atom is -0.397 e. The number of rotatable bonds is 4. The van der Waals surface area contributed by atoms with E-state index in [0.717, 1.165) is 10.7 Å². The summed E-state index contributed by atoms with van der Waals surface area (Å²) < 4.78 is 0. The Bertz CT molecular complexity index is 610. The highest BCUT2D eigenvalue weighted by Crippen LogP contribution is 2.19. The lowest BCUT2D eigenvalue weighted by atomic mass is 10.2. The molecular formula is C12H15N5OS. The van der Waals surface area contributed by atoms with Crippen molar-refractivity contribution in [1.82, 2.24) is 9.97 Å². The zero-order valence-electron chi connectivity index (χ0n) is 10.8. The number of pyridine rings is 1. The van der Waals surface area contributed by atoms with Crippen molar-refractivity contribution in [2.75, 3.05) is 17.7 Å². The molecule has 2 rings (SSSR count). The van der Waals surface area contributed by atoms with Crippen LogP contribution in [0.5, 0.6) is 0 Å². The fourth-order valence-corrected chi connectivity index (χ4v) is 2.29.